The minimum absolute atomic E-state index is 0. The maximum absolute atomic E-state index is 14.0. The summed E-state index contributed by atoms with van der Waals surface area (Å²) in [6.45, 7) is 0.659. The standard InChI is InChI=1S/C19H17F4N3OS.ClH/c1-25(2)9-10-26(18-24-16-14(20)7-4-8-15(16)28-18)17(27)12-5-3-6-13(11-12)19(21,22)23;/h3-8,11H,9-10H2,1-2H3;1H. The van der Waals surface area contributed by atoms with Crippen molar-refractivity contribution in [3.8, 4) is 0 Å². The molecule has 0 fully saturated rings. The lowest BCUT2D eigenvalue weighted by atomic mass is 10.1. The molecule has 1 amide bonds. The van der Waals surface area contributed by atoms with Crippen molar-refractivity contribution in [1.82, 2.24) is 9.88 Å². The van der Waals surface area contributed by atoms with Crippen LogP contribution in [-0.4, -0.2) is 43.0 Å². The number of para-hydroxylation sites is 1. The van der Waals surface area contributed by atoms with Gasteiger partial charge in [0.2, 0.25) is 0 Å². The zero-order valence-electron chi connectivity index (χ0n) is 15.5. The van der Waals surface area contributed by atoms with Crippen LogP contribution in [0.4, 0.5) is 22.7 Å². The summed E-state index contributed by atoms with van der Waals surface area (Å²) in [4.78, 5) is 20.4. The Morgan fingerprint density at radius 3 is 2.41 bits per heavy atom. The van der Waals surface area contributed by atoms with Crippen molar-refractivity contribution in [3.63, 3.8) is 0 Å². The number of likely N-dealkylation sites (N-methyl/N-ethyl adjacent to an activating group) is 1. The molecule has 0 spiro atoms. The molecule has 29 heavy (non-hydrogen) atoms. The molecule has 3 aromatic rings. The number of halogens is 5. The van der Waals surface area contributed by atoms with Gasteiger partial charge in [0.1, 0.15) is 11.3 Å². The van der Waals surface area contributed by atoms with Crippen LogP contribution in [0.2, 0.25) is 0 Å². The van der Waals surface area contributed by atoms with Gasteiger partial charge in [0.15, 0.2) is 5.13 Å². The molecule has 1 heterocycles. The third kappa shape index (κ3) is 5.23. The van der Waals surface area contributed by atoms with E-state index in [-0.39, 0.29) is 35.2 Å². The van der Waals surface area contributed by atoms with Crippen molar-refractivity contribution in [2.45, 2.75) is 6.18 Å². The smallest absolute Gasteiger partial charge is 0.308 e. The van der Waals surface area contributed by atoms with Gasteiger partial charge >= 0.3 is 6.18 Å². The molecule has 0 atom stereocenters. The Morgan fingerprint density at radius 1 is 1.10 bits per heavy atom. The molecule has 0 saturated carbocycles. The second-order valence-electron chi connectivity index (χ2n) is 6.42. The number of fused-ring (bicyclic) bond motifs is 1. The molecule has 156 valence electrons. The highest BCUT2D eigenvalue weighted by Gasteiger charge is 2.32. The Kier molecular flexibility index (Phi) is 7.20. The van der Waals surface area contributed by atoms with Crippen LogP contribution in [0.3, 0.4) is 0 Å². The first-order valence-electron chi connectivity index (χ1n) is 8.35. The lowest BCUT2D eigenvalue weighted by molar-refractivity contribution is -0.137. The number of carbonyl (C=O) groups excluding carboxylic acids is 1. The van der Waals surface area contributed by atoms with Gasteiger partial charge in [0, 0.05) is 18.7 Å². The predicted octanol–water partition coefficient (Wildman–Crippen LogP) is 5.08. The van der Waals surface area contributed by atoms with Crippen LogP contribution < -0.4 is 4.90 Å². The summed E-state index contributed by atoms with van der Waals surface area (Å²) in [7, 11) is 3.62. The Balaban J connectivity index is 0.00000300. The SMILES string of the molecule is CN(C)CCN(C(=O)c1cccc(C(F)(F)F)c1)c1nc2c(F)cccc2s1.Cl. The van der Waals surface area contributed by atoms with Gasteiger partial charge in [-0.2, -0.15) is 13.2 Å². The molecule has 0 radical (unpaired) electrons. The number of amides is 1. The van der Waals surface area contributed by atoms with Gasteiger partial charge in [0.25, 0.3) is 5.91 Å². The van der Waals surface area contributed by atoms with Gasteiger partial charge in [-0.3, -0.25) is 9.69 Å². The highest BCUT2D eigenvalue weighted by molar-refractivity contribution is 7.22. The first-order valence-corrected chi connectivity index (χ1v) is 9.17. The summed E-state index contributed by atoms with van der Waals surface area (Å²) in [6, 6.07) is 8.74. The number of hydrogen-bond acceptors (Lipinski definition) is 4. The van der Waals surface area contributed by atoms with Crippen LogP contribution >= 0.6 is 23.7 Å². The molecule has 0 aliphatic carbocycles. The lowest BCUT2D eigenvalue weighted by Gasteiger charge is -2.22. The van der Waals surface area contributed by atoms with E-state index < -0.39 is 23.5 Å². The average molecular weight is 448 g/mol. The van der Waals surface area contributed by atoms with Crippen LogP contribution in [-0.2, 0) is 6.18 Å². The number of hydrogen-bond donors (Lipinski definition) is 0. The van der Waals surface area contributed by atoms with E-state index in [1.807, 2.05) is 19.0 Å². The fraction of sp³-hybridized carbons (Fsp3) is 0.263. The number of carbonyl (C=O) groups is 1. The molecule has 0 N–H and O–H groups in total. The van der Waals surface area contributed by atoms with Crippen molar-refractivity contribution in [1.29, 1.82) is 0 Å². The van der Waals surface area contributed by atoms with E-state index in [9.17, 15) is 22.4 Å². The number of alkyl halides is 3. The Bertz CT molecular complexity index is 1010. The molecule has 0 saturated heterocycles. The van der Waals surface area contributed by atoms with Crippen LogP contribution in [0.15, 0.2) is 42.5 Å². The van der Waals surface area contributed by atoms with Gasteiger partial charge in [0.05, 0.1) is 10.3 Å². The van der Waals surface area contributed by atoms with Gasteiger partial charge < -0.3 is 4.90 Å². The number of nitrogens with zero attached hydrogens (tertiary/aromatic N) is 3. The quantitative estimate of drug-likeness (QED) is 0.511. The Morgan fingerprint density at radius 2 is 1.79 bits per heavy atom. The molecule has 3 rings (SSSR count). The number of benzene rings is 2. The van der Waals surface area contributed by atoms with Gasteiger partial charge in [-0.1, -0.05) is 23.5 Å². The first kappa shape index (κ1) is 23.1. The molecule has 1 aromatic heterocycles. The highest BCUT2D eigenvalue weighted by atomic mass is 35.5. The molecule has 0 aliphatic heterocycles. The average Bonchev–Trinajstić information content (AvgIpc) is 3.06. The van der Waals surface area contributed by atoms with E-state index in [0.717, 1.165) is 23.5 Å². The molecular formula is C19H18ClF4N3OS. The summed E-state index contributed by atoms with van der Waals surface area (Å²) >= 11 is 1.12. The van der Waals surface area contributed by atoms with Crippen LogP contribution in [0.1, 0.15) is 15.9 Å². The van der Waals surface area contributed by atoms with Crippen molar-refractivity contribution in [2.75, 3.05) is 32.1 Å². The maximum atomic E-state index is 14.0. The van der Waals surface area contributed by atoms with Crippen LogP contribution in [0, 0.1) is 5.82 Å². The topological polar surface area (TPSA) is 36.4 Å². The lowest BCUT2D eigenvalue weighted by Crippen LogP contribution is -2.36. The fourth-order valence-corrected chi connectivity index (χ4v) is 3.59. The van der Waals surface area contributed by atoms with E-state index in [1.54, 1.807) is 12.1 Å². The zero-order chi connectivity index (χ0) is 20.5. The Labute approximate surface area is 175 Å². The number of aromatic nitrogens is 1. The first-order chi connectivity index (χ1) is 13.2. The van der Waals surface area contributed by atoms with Gasteiger partial charge in [-0.15, -0.1) is 12.4 Å². The van der Waals surface area contributed by atoms with Crippen LogP contribution in [0.25, 0.3) is 10.2 Å². The predicted molar refractivity (Wildman–Crippen MR) is 109 cm³/mol. The largest absolute Gasteiger partial charge is 0.416 e. The van der Waals surface area contributed by atoms with Crippen molar-refractivity contribution in [3.05, 3.63) is 59.4 Å². The summed E-state index contributed by atoms with van der Waals surface area (Å²) in [5, 5.41) is 0.240. The molecular weight excluding hydrogens is 430 g/mol. The molecule has 10 heteroatoms. The summed E-state index contributed by atoms with van der Waals surface area (Å²) in [5.74, 6) is -1.13. The number of thiazole rings is 1. The summed E-state index contributed by atoms with van der Waals surface area (Å²) in [5.41, 5.74) is -0.872. The summed E-state index contributed by atoms with van der Waals surface area (Å²) < 4.78 is 53.6. The second-order valence-corrected chi connectivity index (χ2v) is 7.43. The van der Waals surface area contributed by atoms with E-state index in [2.05, 4.69) is 4.98 Å². The zero-order valence-corrected chi connectivity index (χ0v) is 17.2. The normalized spacial score (nSPS) is 11.6. The van der Waals surface area contributed by atoms with E-state index >= 15 is 0 Å². The van der Waals surface area contributed by atoms with E-state index in [1.165, 1.54) is 23.1 Å². The molecule has 4 nitrogen and oxygen atoms in total. The molecule has 0 unspecified atom stereocenters. The number of rotatable bonds is 5. The molecule has 2 aromatic carbocycles. The third-order valence-electron chi connectivity index (χ3n) is 4.04. The second kappa shape index (κ2) is 9.06. The molecule has 0 aliphatic rings. The fourth-order valence-electron chi connectivity index (χ4n) is 2.59. The maximum Gasteiger partial charge on any atom is 0.416 e. The summed E-state index contributed by atoms with van der Waals surface area (Å²) in [6.07, 6.45) is -4.55. The highest BCUT2D eigenvalue weighted by Crippen LogP contribution is 2.33. The molecule has 0 bridgehead atoms. The Hall–Kier alpha value is -2.23. The van der Waals surface area contributed by atoms with Gasteiger partial charge in [-0.25, -0.2) is 9.37 Å². The number of anilines is 1. The minimum Gasteiger partial charge on any atom is -0.308 e. The third-order valence-corrected chi connectivity index (χ3v) is 5.09. The monoisotopic (exact) mass is 447 g/mol. The van der Waals surface area contributed by atoms with E-state index in [0.29, 0.717) is 11.2 Å². The van der Waals surface area contributed by atoms with Crippen molar-refractivity contribution in [2.24, 2.45) is 0 Å². The van der Waals surface area contributed by atoms with Gasteiger partial charge in [-0.05, 0) is 44.4 Å². The van der Waals surface area contributed by atoms with Crippen molar-refractivity contribution < 1.29 is 22.4 Å². The van der Waals surface area contributed by atoms with Crippen LogP contribution in [0.5, 0.6) is 0 Å². The van der Waals surface area contributed by atoms with Crippen molar-refractivity contribution >= 4 is 45.0 Å². The van der Waals surface area contributed by atoms with E-state index in [4.69, 9.17) is 0 Å². The minimum atomic E-state index is -4.55.